The summed E-state index contributed by atoms with van der Waals surface area (Å²) in [4.78, 5) is 12.0. The Hall–Kier alpha value is -2.58. The van der Waals surface area contributed by atoms with Crippen molar-refractivity contribution in [3.8, 4) is 11.8 Å². The number of carbonyl (C=O) groups excluding carboxylic acids is 1. The topological polar surface area (TPSA) is 83.8 Å². The first-order valence-corrected chi connectivity index (χ1v) is 6.26. The Bertz CT molecular complexity index is 650. The van der Waals surface area contributed by atoms with Crippen LogP contribution in [0, 0.1) is 18.8 Å². The Balaban J connectivity index is 2.05. The Kier molecular flexibility index (Phi) is 4.53. The van der Waals surface area contributed by atoms with Crippen LogP contribution in [0.3, 0.4) is 0 Å². The number of aromatic nitrogens is 2. The van der Waals surface area contributed by atoms with E-state index in [1.165, 1.54) is 0 Å². The minimum Gasteiger partial charge on any atom is -0.348 e. The van der Waals surface area contributed by atoms with Crippen molar-refractivity contribution in [2.75, 3.05) is 6.54 Å². The molecule has 2 aromatic rings. The number of aryl methyl sites for hydroxylation is 1. The van der Waals surface area contributed by atoms with Crippen molar-refractivity contribution < 1.29 is 4.79 Å². The van der Waals surface area contributed by atoms with E-state index in [-0.39, 0.29) is 5.91 Å². The monoisotopic (exact) mass is 268 g/mol. The fraction of sp³-hybridized carbons (Fsp3) is 0.200. The summed E-state index contributed by atoms with van der Waals surface area (Å²) in [7, 11) is 0. The number of hydrogen-bond donors (Lipinski definition) is 3. The third-order valence-corrected chi connectivity index (χ3v) is 2.82. The van der Waals surface area contributed by atoms with Crippen molar-refractivity contribution in [1.82, 2.24) is 15.5 Å². The van der Waals surface area contributed by atoms with Gasteiger partial charge in [-0.1, -0.05) is 11.8 Å². The predicted octanol–water partition coefficient (Wildman–Crippen LogP) is 0.958. The molecule has 0 bridgehead atoms. The standard InChI is InChI=1S/C15H16N4O/c1-11-7-14(5-4-13(11)3-2-6-16)15(20)17-8-12-9-18-19-10-12/h4-5,7,9-10H,6,8,16H2,1H3,(H,17,20)(H,18,19). The smallest absolute Gasteiger partial charge is 0.251 e. The van der Waals surface area contributed by atoms with Crippen LogP contribution in [0.15, 0.2) is 30.6 Å². The largest absolute Gasteiger partial charge is 0.348 e. The molecule has 0 fully saturated rings. The second kappa shape index (κ2) is 6.55. The first-order chi connectivity index (χ1) is 9.70. The summed E-state index contributed by atoms with van der Waals surface area (Å²) >= 11 is 0. The van der Waals surface area contributed by atoms with Crippen LogP contribution in [0.25, 0.3) is 0 Å². The molecular weight excluding hydrogens is 252 g/mol. The molecule has 5 heteroatoms. The number of hydrogen-bond acceptors (Lipinski definition) is 3. The normalized spacial score (nSPS) is 9.70. The summed E-state index contributed by atoms with van der Waals surface area (Å²) in [6.45, 7) is 2.70. The molecule has 2 rings (SSSR count). The average molecular weight is 268 g/mol. The van der Waals surface area contributed by atoms with E-state index in [1.54, 1.807) is 18.5 Å². The number of nitrogens with zero attached hydrogens (tertiary/aromatic N) is 1. The molecule has 1 aromatic carbocycles. The van der Waals surface area contributed by atoms with Crippen LogP contribution >= 0.6 is 0 Å². The lowest BCUT2D eigenvalue weighted by Crippen LogP contribution is -2.22. The average Bonchev–Trinajstić information content (AvgIpc) is 2.96. The van der Waals surface area contributed by atoms with Crippen LogP contribution in [-0.4, -0.2) is 22.6 Å². The lowest BCUT2D eigenvalue weighted by atomic mass is 10.0. The zero-order valence-electron chi connectivity index (χ0n) is 11.2. The third kappa shape index (κ3) is 3.46. The number of H-pyrrole nitrogens is 1. The summed E-state index contributed by atoms with van der Waals surface area (Å²) in [5.41, 5.74) is 8.74. The van der Waals surface area contributed by atoms with Gasteiger partial charge in [0.2, 0.25) is 0 Å². The van der Waals surface area contributed by atoms with E-state index in [0.29, 0.717) is 18.7 Å². The number of amides is 1. The maximum Gasteiger partial charge on any atom is 0.251 e. The molecule has 1 heterocycles. The second-order valence-corrected chi connectivity index (χ2v) is 4.32. The van der Waals surface area contributed by atoms with Gasteiger partial charge in [-0.05, 0) is 30.7 Å². The van der Waals surface area contributed by atoms with Crippen LogP contribution in [0.5, 0.6) is 0 Å². The summed E-state index contributed by atoms with van der Waals surface area (Å²) < 4.78 is 0. The lowest BCUT2D eigenvalue weighted by molar-refractivity contribution is 0.0951. The number of rotatable bonds is 3. The molecule has 0 atom stereocenters. The van der Waals surface area contributed by atoms with Crippen LogP contribution < -0.4 is 11.1 Å². The number of benzene rings is 1. The summed E-state index contributed by atoms with van der Waals surface area (Å²) in [6.07, 6.45) is 3.42. The van der Waals surface area contributed by atoms with Crippen LogP contribution in [-0.2, 0) is 6.54 Å². The van der Waals surface area contributed by atoms with Crippen molar-refractivity contribution in [3.63, 3.8) is 0 Å². The van der Waals surface area contributed by atoms with E-state index >= 15 is 0 Å². The molecule has 20 heavy (non-hydrogen) atoms. The van der Waals surface area contributed by atoms with Crippen molar-refractivity contribution in [2.24, 2.45) is 5.73 Å². The molecule has 5 nitrogen and oxygen atoms in total. The first kappa shape index (κ1) is 13.8. The second-order valence-electron chi connectivity index (χ2n) is 4.32. The van der Waals surface area contributed by atoms with Gasteiger partial charge >= 0.3 is 0 Å². The van der Waals surface area contributed by atoms with Gasteiger partial charge in [0.1, 0.15) is 0 Å². The minimum atomic E-state index is -0.118. The first-order valence-electron chi connectivity index (χ1n) is 6.26. The molecule has 102 valence electrons. The SMILES string of the molecule is Cc1cc(C(=O)NCc2cn[nH]c2)ccc1C#CCN. The molecule has 0 saturated heterocycles. The van der Waals surface area contributed by atoms with E-state index in [2.05, 4.69) is 27.4 Å². The fourth-order valence-corrected chi connectivity index (χ4v) is 1.75. The molecule has 4 N–H and O–H groups in total. The van der Waals surface area contributed by atoms with Gasteiger partial charge in [0.15, 0.2) is 0 Å². The third-order valence-electron chi connectivity index (χ3n) is 2.82. The van der Waals surface area contributed by atoms with Gasteiger partial charge in [0.25, 0.3) is 5.91 Å². The highest BCUT2D eigenvalue weighted by Crippen LogP contribution is 2.10. The van der Waals surface area contributed by atoms with E-state index < -0.39 is 0 Å². The molecule has 0 aliphatic carbocycles. The Labute approximate surface area is 117 Å². The highest BCUT2D eigenvalue weighted by molar-refractivity contribution is 5.94. The van der Waals surface area contributed by atoms with Crippen LogP contribution in [0.4, 0.5) is 0 Å². The highest BCUT2D eigenvalue weighted by atomic mass is 16.1. The van der Waals surface area contributed by atoms with Gasteiger partial charge in [-0.15, -0.1) is 0 Å². The number of aromatic amines is 1. The Morgan fingerprint density at radius 2 is 2.35 bits per heavy atom. The molecule has 0 unspecified atom stereocenters. The fourth-order valence-electron chi connectivity index (χ4n) is 1.75. The maximum absolute atomic E-state index is 12.0. The maximum atomic E-state index is 12.0. The molecule has 0 radical (unpaired) electrons. The Morgan fingerprint density at radius 3 is 3.00 bits per heavy atom. The minimum absolute atomic E-state index is 0.118. The van der Waals surface area contributed by atoms with Crippen LogP contribution in [0.2, 0.25) is 0 Å². The number of nitrogens with two attached hydrogens (primary N) is 1. The van der Waals surface area contributed by atoms with Crippen molar-refractivity contribution in [3.05, 3.63) is 52.8 Å². The molecular formula is C15H16N4O. The number of carbonyl (C=O) groups is 1. The van der Waals surface area contributed by atoms with Crippen molar-refractivity contribution >= 4 is 5.91 Å². The quantitative estimate of drug-likeness (QED) is 0.725. The van der Waals surface area contributed by atoms with Crippen molar-refractivity contribution in [2.45, 2.75) is 13.5 Å². The van der Waals surface area contributed by atoms with Crippen LogP contribution in [0.1, 0.15) is 27.0 Å². The molecule has 0 saturated carbocycles. The lowest BCUT2D eigenvalue weighted by Gasteiger charge is -2.05. The highest BCUT2D eigenvalue weighted by Gasteiger charge is 2.07. The van der Waals surface area contributed by atoms with Gasteiger partial charge in [0, 0.05) is 29.4 Å². The summed E-state index contributed by atoms with van der Waals surface area (Å²) in [5.74, 6) is 5.66. The predicted molar refractivity (Wildman–Crippen MR) is 76.9 cm³/mol. The van der Waals surface area contributed by atoms with E-state index in [0.717, 1.165) is 16.7 Å². The van der Waals surface area contributed by atoms with Crippen molar-refractivity contribution in [1.29, 1.82) is 0 Å². The number of nitrogens with one attached hydrogen (secondary N) is 2. The Morgan fingerprint density at radius 1 is 1.50 bits per heavy atom. The zero-order chi connectivity index (χ0) is 14.4. The van der Waals surface area contributed by atoms with E-state index in [4.69, 9.17) is 5.73 Å². The van der Waals surface area contributed by atoms with Gasteiger partial charge in [0.05, 0.1) is 12.7 Å². The van der Waals surface area contributed by atoms with E-state index in [9.17, 15) is 4.79 Å². The molecule has 1 amide bonds. The van der Waals surface area contributed by atoms with Gasteiger partial charge < -0.3 is 11.1 Å². The van der Waals surface area contributed by atoms with E-state index in [1.807, 2.05) is 19.1 Å². The molecule has 0 spiro atoms. The van der Waals surface area contributed by atoms with Gasteiger partial charge in [-0.25, -0.2) is 0 Å². The zero-order valence-corrected chi connectivity index (χ0v) is 11.2. The van der Waals surface area contributed by atoms with Gasteiger partial charge in [-0.2, -0.15) is 5.10 Å². The molecule has 0 aliphatic heterocycles. The van der Waals surface area contributed by atoms with Gasteiger partial charge in [-0.3, -0.25) is 9.89 Å². The summed E-state index contributed by atoms with van der Waals surface area (Å²) in [5, 5.41) is 9.36. The molecule has 1 aromatic heterocycles. The molecule has 0 aliphatic rings. The summed E-state index contributed by atoms with van der Waals surface area (Å²) in [6, 6.07) is 5.42.